The van der Waals surface area contributed by atoms with Crippen LogP contribution in [0.4, 0.5) is 0 Å². The van der Waals surface area contributed by atoms with Crippen molar-refractivity contribution in [3.05, 3.63) is 89.4 Å². The van der Waals surface area contributed by atoms with Gasteiger partial charge in [0.25, 0.3) is 0 Å². The molecule has 126 valence electrons. The Kier molecular flexibility index (Phi) is 4.33. The van der Waals surface area contributed by atoms with Crippen molar-refractivity contribution < 1.29 is 9.21 Å². The Morgan fingerprint density at radius 1 is 1.00 bits per heavy atom. The van der Waals surface area contributed by atoms with Crippen LogP contribution in [0.3, 0.4) is 0 Å². The van der Waals surface area contributed by atoms with E-state index < -0.39 is 0 Å². The van der Waals surface area contributed by atoms with E-state index in [0.717, 1.165) is 16.5 Å². The quantitative estimate of drug-likeness (QED) is 0.359. The number of hydrogen-bond donors (Lipinski definition) is 0. The summed E-state index contributed by atoms with van der Waals surface area (Å²) in [4.78, 5) is 21.0. The molecule has 0 aliphatic heterocycles. The number of allylic oxidation sites excluding steroid dienone is 1. The third-order valence-electron chi connectivity index (χ3n) is 3.85. The second-order valence-corrected chi connectivity index (χ2v) is 6.13. The molecule has 0 unspecified atom stereocenters. The van der Waals surface area contributed by atoms with Crippen LogP contribution in [0.5, 0.6) is 0 Å². The van der Waals surface area contributed by atoms with Crippen LogP contribution in [-0.4, -0.2) is 15.8 Å². The van der Waals surface area contributed by atoms with Crippen molar-refractivity contribution in [1.82, 2.24) is 9.97 Å². The highest BCUT2D eigenvalue weighted by Gasteiger charge is 2.10. The molecule has 0 aliphatic rings. The third kappa shape index (κ3) is 3.41. The van der Waals surface area contributed by atoms with Gasteiger partial charge in [-0.3, -0.25) is 4.79 Å². The largest absolute Gasteiger partial charge is 0.453 e. The zero-order valence-electron chi connectivity index (χ0n) is 13.6. The van der Waals surface area contributed by atoms with Crippen molar-refractivity contribution in [2.24, 2.45) is 0 Å². The van der Waals surface area contributed by atoms with Gasteiger partial charge in [-0.1, -0.05) is 41.9 Å². The van der Waals surface area contributed by atoms with Crippen molar-refractivity contribution in [3.8, 4) is 11.4 Å². The van der Waals surface area contributed by atoms with Gasteiger partial charge in [-0.25, -0.2) is 9.97 Å². The number of ketones is 1. The monoisotopic (exact) mass is 360 g/mol. The Morgan fingerprint density at radius 3 is 2.54 bits per heavy atom. The zero-order chi connectivity index (χ0) is 17.9. The van der Waals surface area contributed by atoms with E-state index >= 15 is 0 Å². The fourth-order valence-electron chi connectivity index (χ4n) is 2.55. The van der Waals surface area contributed by atoms with E-state index in [0.29, 0.717) is 16.4 Å². The maximum Gasteiger partial charge on any atom is 0.221 e. The van der Waals surface area contributed by atoms with E-state index in [4.69, 9.17) is 16.0 Å². The molecule has 0 aliphatic carbocycles. The van der Waals surface area contributed by atoms with E-state index in [2.05, 4.69) is 9.97 Å². The van der Waals surface area contributed by atoms with E-state index in [9.17, 15) is 4.79 Å². The predicted molar refractivity (Wildman–Crippen MR) is 102 cm³/mol. The van der Waals surface area contributed by atoms with E-state index in [1.54, 1.807) is 42.7 Å². The van der Waals surface area contributed by atoms with Gasteiger partial charge < -0.3 is 4.42 Å². The standard InChI is InChI=1S/C21H13ClN2O2/c22-17-7-9-19-16(10-17)11-20(26-19)18(25)8-6-14-12-23-21(24-13-14)15-4-2-1-3-5-15/h1-13H. The first-order valence-corrected chi connectivity index (χ1v) is 8.36. The molecule has 4 aromatic rings. The van der Waals surface area contributed by atoms with Gasteiger partial charge in [0.1, 0.15) is 5.58 Å². The number of fused-ring (bicyclic) bond motifs is 1. The summed E-state index contributed by atoms with van der Waals surface area (Å²) in [6.07, 6.45) is 6.46. The number of nitrogens with zero attached hydrogens (tertiary/aromatic N) is 2. The van der Waals surface area contributed by atoms with Crippen LogP contribution in [0.15, 0.2) is 77.5 Å². The van der Waals surface area contributed by atoms with Crippen molar-refractivity contribution in [3.63, 3.8) is 0 Å². The molecule has 4 nitrogen and oxygen atoms in total. The second-order valence-electron chi connectivity index (χ2n) is 5.70. The number of furan rings is 1. The molecule has 0 fully saturated rings. The number of halogens is 1. The lowest BCUT2D eigenvalue weighted by Gasteiger charge is -1.99. The molecule has 2 aromatic carbocycles. The molecule has 0 bridgehead atoms. The number of rotatable bonds is 4. The molecule has 5 heteroatoms. The van der Waals surface area contributed by atoms with Gasteiger partial charge in [-0.05, 0) is 36.4 Å². The molecule has 0 atom stereocenters. The zero-order valence-corrected chi connectivity index (χ0v) is 14.4. The van der Waals surface area contributed by atoms with Gasteiger partial charge in [0.2, 0.25) is 5.78 Å². The topological polar surface area (TPSA) is 56.0 Å². The van der Waals surface area contributed by atoms with Crippen LogP contribution in [0.25, 0.3) is 28.4 Å². The minimum Gasteiger partial charge on any atom is -0.453 e. The normalized spacial score (nSPS) is 11.3. The van der Waals surface area contributed by atoms with Gasteiger partial charge >= 0.3 is 0 Å². The first-order valence-electron chi connectivity index (χ1n) is 7.98. The molecule has 0 spiro atoms. The average molecular weight is 361 g/mol. The Bertz CT molecular complexity index is 1100. The van der Waals surface area contributed by atoms with Crippen molar-refractivity contribution in [2.45, 2.75) is 0 Å². The molecule has 0 amide bonds. The smallest absolute Gasteiger partial charge is 0.221 e. The van der Waals surface area contributed by atoms with E-state index in [1.165, 1.54) is 6.08 Å². The summed E-state index contributed by atoms with van der Waals surface area (Å²) in [7, 11) is 0. The Labute approximate surface area is 154 Å². The fraction of sp³-hybridized carbons (Fsp3) is 0. The molecular weight excluding hydrogens is 348 g/mol. The Hall–Kier alpha value is -3.24. The van der Waals surface area contributed by atoms with Crippen molar-refractivity contribution in [1.29, 1.82) is 0 Å². The van der Waals surface area contributed by atoms with Gasteiger partial charge in [0.05, 0.1) is 0 Å². The second kappa shape index (κ2) is 6.94. The Morgan fingerprint density at radius 2 is 1.77 bits per heavy atom. The summed E-state index contributed by atoms with van der Waals surface area (Å²) in [6.45, 7) is 0. The predicted octanol–water partition coefficient (Wildman–Crippen LogP) is 5.44. The summed E-state index contributed by atoms with van der Waals surface area (Å²) < 4.78 is 5.56. The van der Waals surface area contributed by atoms with Gasteiger partial charge in [0.15, 0.2) is 11.6 Å². The number of carbonyl (C=O) groups excluding carboxylic acids is 1. The lowest BCUT2D eigenvalue weighted by Crippen LogP contribution is -1.92. The summed E-state index contributed by atoms with van der Waals surface area (Å²) in [5.74, 6) is 0.674. The highest BCUT2D eigenvalue weighted by Crippen LogP contribution is 2.23. The molecule has 0 radical (unpaired) electrons. The number of hydrogen-bond acceptors (Lipinski definition) is 4. The summed E-state index contributed by atoms with van der Waals surface area (Å²) in [6, 6.07) is 16.6. The van der Waals surface area contributed by atoms with Crippen molar-refractivity contribution in [2.75, 3.05) is 0 Å². The maximum atomic E-state index is 12.3. The SMILES string of the molecule is O=C(C=Cc1cnc(-c2ccccc2)nc1)c1cc2cc(Cl)ccc2o1. The van der Waals surface area contributed by atoms with Crippen LogP contribution >= 0.6 is 11.6 Å². The fourth-order valence-corrected chi connectivity index (χ4v) is 2.73. The first-order chi connectivity index (χ1) is 12.7. The minimum absolute atomic E-state index is 0.232. The molecule has 0 saturated heterocycles. The summed E-state index contributed by atoms with van der Waals surface area (Å²) in [5.41, 5.74) is 2.30. The average Bonchev–Trinajstić information content (AvgIpc) is 3.10. The summed E-state index contributed by atoms with van der Waals surface area (Å²) >= 11 is 5.95. The number of benzene rings is 2. The van der Waals surface area contributed by atoms with E-state index in [1.807, 2.05) is 30.3 Å². The molecule has 0 N–H and O–H groups in total. The highest BCUT2D eigenvalue weighted by atomic mass is 35.5. The van der Waals surface area contributed by atoms with Crippen LogP contribution in [0.1, 0.15) is 16.1 Å². The van der Waals surface area contributed by atoms with Gasteiger partial charge in [0, 0.05) is 33.9 Å². The van der Waals surface area contributed by atoms with Crippen molar-refractivity contribution >= 4 is 34.4 Å². The molecule has 4 rings (SSSR count). The van der Waals surface area contributed by atoms with Crippen LogP contribution in [-0.2, 0) is 0 Å². The Balaban J connectivity index is 1.52. The van der Waals surface area contributed by atoms with Crippen LogP contribution < -0.4 is 0 Å². The molecule has 0 saturated carbocycles. The molecule has 26 heavy (non-hydrogen) atoms. The molecule has 2 aromatic heterocycles. The molecular formula is C21H13ClN2O2. The van der Waals surface area contributed by atoms with Crippen LogP contribution in [0.2, 0.25) is 5.02 Å². The lowest BCUT2D eigenvalue weighted by molar-refractivity contribution is 0.102. The maximum absolute atomic E-state index is 12.3. The minimum atomic E-state index is -0.232. The van der Waals surface area contributed by atoms with Crippen LogP contribution in [0, 0.1) is 0 Å². The lowest BCUT2D eigenvalue weighted by atomic mass is 10.2. The van der Waals surface area contributed by atoms with Gasteiger partial charge in [-0.15, -0.1) is 0 Å². The number of aromatic nitrogens is 2. The third-order valence-corrected chi connectivity index (χ3v) is 4.09. The first kappa shape index (κ1) is 16.2. The number of carbonyl (C=O) groups is 1. The van der Waals surface area contributed by atoms with Gasteiger partial charge in [-0.2, -0.15) is 0 Å². The highest BCUT2D eigenvalue weighted by molar-refractivity contribution is 6.31. The molecule has 2 heterocycles. The summed E-state index contributed by atoms with van der Waals surface area (Å²) in [5, 5.41) is 1.40. The van der Waals surface area contributed by atoms with E-state index in [-0.39, 0.29) is 11.5 Å².